The standard InChI is InChI=1S/C12H22N2O4S/c1-11(2,3)17-9(15)13-7-8(19-7)14-10(16)18-12(4,5)6/h7-8H,1-6H3,(H,13,15)(H,14,16). The fourth-order valence-corrected chi connectivity index (χ4v) is 1.87. The largest absolute Gasteiger partial charge is 0.444 e. The molecule has 110 valence electrons. The number of hydrogen-bond acceptors (Lipinski definition) is 5. The van der Waals surface area contributed by atoms with E-state index in [4.69, 9.17) is 9.47 Å². The van der Waals surface area contributed by atoms with Gasteiger partial charge in [-0.25, -0.2) is 9.59 Å². The molecule has 0 aromatic carbocycles. The molecule has 1 aliphatic heterocycles. The van der Waals surface area contributed by atoms with Crippen LogP contribution in [0.15, 0.2) is 0 Å². The van der Waals surface area contributed by atoms with Gasteiger partial charge in [0.2, 0.25) is 0 Å². The summed E-state index contributed by atoms with van der Waals surface area (Å²) in [5.74, 6) is 0. The van der Waals surface area contributed by atoms with E-state index in [0.29, 0.717) is 0 Å². The molecule has 7 heteroatoms. The van der Waals surface area contributed by atoms with Gasteiger partial charge >= 0.3 is 12.2 Å². The van der Waals surface area contributed by atoms with Crippen LogP contribution in [0.25, 0.3) is 0 Å². The van der Waals surface area contributed by atoms with Gasteiger partial charge in [-0.15, -0.1) is 11.8 Å². The number of rotatable bonds is 2. The number of carbonyl (C=O) groups is 2. The molecule has 19 heavy (non-hydrogen) atoms. The van der Waals surface area contributed by atoms with Crippen LogP contribution in [0.5, 0.6) is 0 Å². The Morgan fingerprint density at radius 3 is 1.42 bits per heavy atom. The lowest BCUT2D eigenvalue weighted by atomic mass is 10.2. The molecular weight excluding hydrogens is 268 g/mol. The normalized spacial score (nSPS) is 22.4. The van der Waals surface area contributed by atoms with Crippen molar-refractivity contribution in [3.8, 4) is 0 Å². The zero-order valence-electron chi connectivity index (χ0n) is 12.2. The Labute approximate surface area is 118 Å². The maximum Gasteiger partial charge on any atom is 0.408 e. The number of ether oxygens (including phenoxy) is 2. The van der Waals surface area contributed by atoms with Crippen LogP contribution >= 0.6 is 11.8 Å². The first kappa shape index (κ1) is 15.9. The molecule has 2 amide bonds. The molecule has 1 heterocycles. The van der Waals surface area contributed by atoms with Crippen molar-refractivity contribution in [2.45, 2.75) is 63.5 Å². The lowest BCUT2D eigenvalue weighted by molar-refractivity contribution is 0.0488. The first-order valence-electron chi connectivity index (χ1n) is 6.11. The molecule has 0 aromatic rings. The highest BCUT2D eigenvalue weighted by Crippen LogP contribution is 2.37. The third kappa shape index (κ3) is 7.15. The predicted octanol–water partition coefficient (Wildman–Crippen LogP) is 2.43. The monoisotopic (exact) mass is 290 g/mol. The van der Waals surface area contributed by atoms with Gasteiger partial charge in [0.15, 0.2) is 0 Å². The smallest absolute Gasteiger partial charge is 0.408 e. The Kier molecular flexibility index (Phi) is 4.60. The lowest BCUT2D eigenvalue weighted by Crippen LogP contribution is -2.39. The Bertz CT molecular complexity index is 326. The van der Waals surface area contributed by atoms with Gasteiger partial charge in [0.05, 0.1) is 0 Å². The van der Waals surface area contributed by atoms with E-state index in [2.05, 4.69) is 10.6 Å². The van der Waals surface area contributed by atoms with Gasteiger partial charge in [-0.1, -0.05) is 0 Å². The molecule has 1 aliphatic rings. The summed E-state index contributed by atoms with van der Waals surface area (Å²) in [7, 11) is 0. The van der Waals surface area contributed by atoms with Gasteiger partial charge in [0, 0.05) is 0 Å². The molecule has 2 N–H and O–H groups in total. The summed E-state index contributed by atoms with van der Waals surface area (Å²) >= 11 is 1.42. The fraction of sp³-hybridized carbons (Fsp3) is 0.833. The molecule has 1 fully saturated rings. The SMILES string of the molecule is CC(C)(C)OC(=O)NC1SC1NC(=O)OC(C)(C)C. The van der Waals surface area contributed by atoms with E-state index < -0.39 is 23.4 Å². The minimum Gasteiger partial charge on any atom is -0.444 e. The van der Waals surface area contributed by atoms with Crippen molar-refractivity contribution in [2.75, 3.05) is 0 Å². The van der Waals surface area contributed by atoms with Gasteiger partial charge in [-0.3, -0.25) is 0 Å². The number of nitrogens with one attached hydrogen (secondary N) is 2. The summed E-state index contributed by atoms with van der Waals surface area (Å²) < 4.78 is 10.2. The summed E-state index contributed by atoms with van der Waals surface area (Å²) in [5, 5.41) is 4.99. The highest BCUT2D eigenvalue weighted by Gasteiger charge is 2.42. The van der Waals surface area contributed by atoms with E-state index in [9.17, 15) is 9.59 Å². The summed E-state index contributed by atoms with van der Waals surface area (Å²) in [4.78, 5) is 23.0. The van der Waals surface area contributed by atoms with Crippen molar-refractivity contribution in [3.63, 3.8) is 0 Å². The quantitative estimate of drug-likeness (QED) is 0.764. The van der Waals surface area contributed by atoms with Crippen LogP contribution in [0.1, 0.15) is 41.5 Å². The maximum atomic E-state index is 11.5. The second-order valence-corrected chi connectivity index (χ2v) is 7.56. The van der Waals surface area contributed by atoms with Crippen molar-refractivity contribution in [3.05, 3.63) is 0 Å². The molecule has 2 atom stereocenters. The minimum absolute atomic E-state index is 0.164. The van der Waals surface area contributed by atoms with E-state index in [1.807, 2.05) is 0 Å². The van der Waals surface area contributed by atoms with E-state index in [0.717, 1.165) is 0 Å². The molecule has 1 rings (SSSR count). The zero-order chi connectivity index (χ0) is 14.8. The number of amides is 2. The van der Waals surface area contributed by atoms with Gasteiger partial charge in [0.25, 0.3) is 0 Å². The lowest BCUT2D eigenvalue weighted by Gasteiger charge is -2.20. The molecule has 1 saturated heterocycles. The van der Waals surface area contributed by atoms with Crippen molar-refractivity contribution in [1.82, 2.24) is 10.6 Å². The van der Waals surface area contributed by atoms with E-state index in [1.54, 1.807) is 41.5 Å². The van der Waals surface area contributed by atoms with E-state index in [1.165, 1.54) is 11.8 Å². The number of thioether (sulfide) groups is 1. The van der Waals surface area contributed by atoms with Gasteiger partial charge in [-0.2, -0.15) is 0 Å². The van der Waals surface area contributed by atoms with Crippen LogP contribution in [0.4, 0.5) is 9.59 Å². The molecule has 0 radical (unpaired) electrons. The molecule has 0 saturated carbocycles. The van der Waals surface area contributed by atoms with Crippen molar-refractivity contribution in [2.24, 2.45) is 0 Å². The molecule has 0 bridgehead atoms. The Balaban J connectivity index is 2.25. The van der Waals surface area contributed by atoms with E-state index >= 15 is 0 Å². The molecule has 6 nitrogen and oxygen atoms in total. The first-order chi connectivity index (χ1) is 8.46. The number of carbonyl (C=O) groups excluding carboxylic acids is 2. The fourth-order valence-electron chi connectivity index (χ4n) is 1.18. The highest BCUT2D eigenvalue weighted by molar-refractivity contribution is 8.07. The molecule has 0 aliphatic carbocycles. The van der Waals surface area contributed by atoms with Crippen LogP contribution in [-0.4, -0.2) is 34.1 Å². The average Bonchev–Trinajstić information content (AvgIpc) is 2.74. The highest BCUT2D eigenvalue weighted by atomic mass is 32.2. The Morgan fingerprint density at radius 1 is 0.842 bits per heavy atom. The van der Waals surface area contributed by atoms with Crippen LogP contribution in [0, 0.1) is 0 Å². The maximum absolute atomic E-state index is 11.5. The topological polar surface area (TPSA) is 76.7 Å². The van der Waals surface area contributed by atoms with Crippen LogP contribution in [0.3, 0.4) is 0 Å². The van der Waals surface area contributed by atoms with Crippen LogP contribution in [-0.2, 0) is 9.47 Å². The molecule has 2 unspecified atom stereocenters. The van der Waals surface area contributed by atoms with E-state index in [-0.39, 0.29) is 10.7 Å². The molecule has 0 aromatic heterocycles. The zero-order valence-corrected chi connectivity index (χ0v) is 13.0. The first-order valence-corrected chi connectivity index (χ1v) is 7.05. The third-order valence-electron chi connectivity index (χ3n) is 1.81. The van der Waals surface area contributed by atoms with Crippen molar-refractivity contribution < 1.29 is 19.1 Å². The Hall–Kier alpha value is -1.11. The average molecular weight is 290 g/mol. The summed E-state index contributed by atoms with van der Waals surface area (Å²) in [6.45, 7) is 10.8. The third-order valence-corrected chi connectivity index (χ3v) is 2.86. The van der Waals surface area contributed by atoms with Gasteiger partial charge < -0.3 is 20.1 Å². The summed E-state index contributed by atoms with van der Waals surface area (Å²) in [5.41, 5.74) is -1.06. The molecular formula is C12H22N2O4S. The molecule has 0 spiro atoms. The van der Waals surface area contributed by atoms with Crippen molar-refractivity contribution in [1.29, 1.82) is 0 Å². The summed E-state index contributed by atoms with van der Waals surface area (Å²) in [6, 6.07) is 0. The van der Waals surface area contributed by atoms with Crippen molar-refractivity contribution >= 4 is 23.9 Å². The Morgan fingerprint density at radius 2 is 1.16 bits per heavy atom. The predicted molar refractivity (Wildman–Crippen MR) is 73.9 cm³/mol. The minimum atomic E-state index is -0.530. The number of alkyl carbamates (subject to hydrolysis) is 2. The summed E-state index contributed by atoms with van der Waals surface area (Å²) in [6.07, 6.45) is -0.975. The van der Waals surface area contributed by atoms with Crippen LogP contribution < -0.4 is 10.6 Å². The number of hydrogen-bond donors (Lipinski definition) is 2. The second kappa shape index (κ2) is 5.48. The van der Waals surface area contributed by atoms with Gasteiger partial charge in [0.1, 0.15) is 21.9 Å². The van der Waals surface area contributed by atoms with Crippen LogP contribution in [0.2, 0.25) is 0 Å². The van der Waals surface area contributed by atoms with Gasteiger partial charge in [-0.05, 0) is 41.5 Å². The second-order valence-electron chi connectivity index (χ2n) is 6.27.